The molecule has 0 radical (unpaired) electrons. The number of benzene rings is 2. The van der Waals surface area contributed by atoms with Crippen molar-refractivity contribution >= 4 is 23.4 Å². The molecule has 7 heteroatoms. The van der Waals surface area contributed by atoms with E-state index in [1.54, 1.807) is 24.3 Å². The van der Waals surface area contributed by atoms with E-state index in [0.717, 1.165) is 38.3 Å². The number of rotatable bonds is 9. The fourth-order valence-electron chi connectivity index (χ4n) is 3.55. The van der Waals surface area contributed by atoms with E-state index >= 15 is 0 Å². The Morgan fingerprint density at radius 2 is 1.68 bits per heavy atom. The highest BCUT2D eigenvalue weighted by molar-refractivity contribution is 6.30. The van der Waals surface area contributed by atoms with Gasteiger partial charge in [-0.05, 0) is 48.9 Å². The van der Waals surface area contributed by atoms with E-state index in [9.17, 15) is 9.59 Å². The first kappa shape index (κ1) is 23.3. The number of hydrogen-bond acceptors (Lipinski definition) is 4. The molecule has 3 rings (SSSR count). The van der Waals surface area contributed by atoms with E-state index in [2.05, 4.69) is 45.7 Å². The summed E-state index contributed by atoms with van der Waals surface area (Å²) in [5.74, 6) is -0.167. The van der Waals surface area contributed by atoms with Crippen LogP contribution in [0.15, 0.2) is 48.5 Å². The number of hydrogen-bond donors (Lipinski definition) is 2. The first-order chi connectivity index (χ1) is 15.0. The summed E-state index contributed by atoms with van der Waals surface area (Å²) in [4.78, 5) is 29.0. The molecule has 0 atom stereocenters. The molecule has 0 bridgehead atoms. The number of nitrogens with one attached hydrogen (secondary N) is 2. The third-order valence-corrected chi connectivity index (χ3v) is 5.71. The van der Waals surface area contributed by atoms with Crippen LogP contribution in [0.4, 0.5) is 0 Å². The fourth-order valence-corrected chi connectivity index (χ4v) is 3.67. The summed E-state index contributed by atoms with van der Waals surface area (Å²) >= 11 is 5.83. The van der Waals surface area contributed by atoms with Crippen LogP contribution in [0.1, 0.15) is 34.3 Å². The lowest BCUT2D eigenvalue weighted by Gasteiger charge is -2.32. The summed E-state index contributed by atoms with van der Waals surface area (Å²) in [6.07, 6.45) is 0.969. The first-order valence-corrected chi connectivity index (χ1v) is 11.2. The van der Waals surface area contributed by atoms with Crippen molar-refractivity contribution in [3.05, 3.63) is 70.2 Å². The average Bonchev–Trinajstić information content (AvgIpc) is 2.77. The third kappa shape index (κ3) is 7.98. The molecule has 1 fully saturated rings. The van der Waals surface area contributed by atoms with Crippen molar-refractivity contribution in [3.63, 3.8) is 0 Å². The van der Waals surface area contributed by atoms with Gasteiger partial charge in [-0.3, -0.25) is 14.5 Å². The van der Waals surface area contributed by atoms with Gasteiger partial charge >= 0.3 is 0 Å². The Hall–Kier alpha value is -2.41. The minimum absolute atomic E-state index is 0.00906. The van der Waals surface area contributed by atoms with Gasteiger partial charge in [-0.25, -0.2) is 0 Å². The summed E-state index contributed by atoms with van der Waals surface area (Å²) in [7, 11) is 2.16. The molecule has 0 aromatic heterocycles. The number of halogens is 1. The molecule has 0 saturated carbocycles. The predicted octanol–water partition coefficient (Wildman–Crippen LogP) is 2.91. The van der Waals surface area contributed by atoms with Gasteiger partial charge in [0.2, 0.25) is 5.91 Å². The van der Waals surface area contributed by atoms with Gasteiger partial charge < -0.3 is 15.5 Å². The molecule has 2 aromatic carbocycles. The Morgan fingerprint density at radius 1 is 0.968 bits per heavy atom. The lowest BCUT2D eigenvalue weighted by Crippen LogP contribution is -2.43. The lowest BCUT2D eigenvalue weighted by molar-refractivity contribution is -0.121. The largest absolute Gasteiger partial charge is 0.352 e. The van der Waals surface area contributed by atoms with Crippen molar-refractivity contribution in [1.82, 2.24) is 20.4 Å². The Bertz CT molecular complexity index is 864. The SMILES string of the molecule is CN1CCN(Cc2cccc(CNC(=O)CCCNC(=O)c3ccc(Cl)cc3)c2)CC1. The minimum atomic E-state index is -0.158. The van der Waals surface area contributed by atoms with Gasteiger partial charge in [0.25, 0.3) is 5.91 Å². The van der Waals surface area contributed by atoms with Crippen molar-refractivity contribution < 1.29 is 9.59 Å². The summed E-state index contributed by atoms with van der Waals surface area (Å²) in [5, 5.41) is 6.40. The monoisotopic (exact) mass is 442 g/mol. The van der Waals surface area contributed by atoms with Gasteiger partial charge in [-0.1, -0.05) is 35.9 Å². The zero-order valence-electron chi connectivity index (χ0n) is 18.1. The van der Waals surface area contributed by atoms with Crippen LogP contribution in [0.25, 0.3) is 0 Å². The van der Waals surface area contributed by atoms with Crippen LogP contribution in [-0.4, -0.2) is 61.4 Å². The van der Waals surface area contributed by atoms with E-state index < -0.39 is 0 Å². The highest BCUT2D eigenvalue weighted by Gasteiger charge is 2.14. The molecule has 6 nitrogen and oxygen atoms in total. The Labute approximate surface area is 189 Å². The molecular formula is C24H31ClN4O2. The second kappa shape index (κ2) is 11.8. The summed E-state index contributed by atoms with van der Waals surface area (Å²) in [5.41, 5.74) is 2.95. The van der Waals surface area contributed by atoms with Crippen LogP contribution in [0.5, 0.6) is 0 Å². The second-order valence-corrected chi connectivity index (χ2v) is 8.48. The summed E-state index contributed by atoms with van der Waals surface area (Å²) < 4.78 is 0. The van der Waals surface area contributed by atoms with E-state index in [1.165, 1.54) is 5.56 Å². The number of likely N-dealkylation sites (N-methyl/N-ethyl adjacent to an activating group) is 1. The Kier molecular flexibility index (Phi) is 8.88. The fraction of sp³-hybridized carbons (Fsp3) is 0.417. The molecule has 1 heterocycles. The van der Waals surface area contributed by atoms with Gasteiger partial charge in [-0.2, -0.15) is 0 Å². The number of piperazine rings is 1. The van der Waals surface area contributed by atoms with Crippen LogP contribution in [0.2, 0.25) is 5.02 Å². The molecule has 166 valence electrons. The van der Waals surface area contributed by atoms with Crippen LogP contribution >= 0.6 is 11.6 Å². The van der Waals surface area contributed by atoms with Crippen molar-refractivity contribution in [1.29, 1.82) is 0 Å². The van der Waals surface area contributed by atoms with Gasteiger partial charge in [0.1, 0.15) is 0 Å². The van der Waals surface area contributed by atoms with Crippen molar-refractivity contribution in [2.75, 3.05) is 39.8 Å². The van der Waals surface area contributed by atoms with E-state index in [-0.39, 0.29) is 11.8 Å². The number of amides is 2. The molecule has 0 aliphatic carbocycles. The van der Waals surface area contributed by atoms with Crippen molar-refractivity contribution in [3.8, 4) is 0 Å². The molecule has 1 aliphatic heterocycles. The van der Waals surface area contributed by atoms with Crippen molar-refractivity contribution in [2.24, 2.45) is 0 Å². The standard InChI is InChI=1S/C24H31ClN4O2/c1-28-12-14-29(15-13-28)18-20-5-2-4-19(16-20)17-27-23(30)6-3-11-26-24(31)21-7-9-22(25)10-8-21/h2,4-5,7-10,16H,3,6,11-15,17-18H2,1H3,(H,26,31)(H,27,30). The Balaban J connectivity index is 1.34. The van der Waals surface area contributed by atoms with Gasteiger partial charge in [0.15, 0.2) is 0 Å². The molecule has 0 unspecified atom stereocenters. The molecule has 2 aromatic rings. The number of carbonyl (C=O) groups is 2. The maximum atomic E-state index is 12.1. The molecule has 31 heavy (non-hydrogen) atoms. The quantitative estimate of drug-likeness (QED) is 0.586. The van der Waals surface area contributed by atoms with Crippen LogP contribution < -0.4 is 10.6 Å². The molecule has 1 aliphatic rings. The molecule has 2 amide bonds. The molecule has 0 spiro atoms. The Morgan fingerprint density at radius 3 is 2.42 bits per heavy atom. The number of carbonyl (C=O) groups excluding carboxylic acids is 2. The zero-order chi connectivity index (χ0) is 22.1. The van der Waals surface area contributed by atoms with E-state index in [1.807, 2.05) is 6.07 Å². The van der Waals surface area contributed by atoms with Crippen LogP contribution in [0, 0.1) is 0 Å². The van der Waals surface area contributed by atoms with Gasteiger partial charge in [0, 0.05) is 62.8 Å². The topological polar surface area (TPSA) is 64.7 Å². The summed E-state index contributed by atoms with van der Waals surface area (Å²) in [6, 6.07) is 15.1. The zero-order valence-corrected chi connectivity index (χ0v) is 18.8. The van der Waals surface area contributed by atoms with Gasteiger partial charge in [0.05, 0.1) is 0 Å². The predicted molar refractivity (Wildman–Crippen MR) is 124 cm³/mol. The molecular weight excluding hydrogens is 412 g/mol. The highest BCUT2D eigenvalue weighted by Crippen LogP contribution is 2.11. The van der Waals surface area contributed by atoms with E-state index in [4.69, 9.17) is 11.6 Å². The lowest BCUT2D eigenvalue weighted by atomic mass is 10.1. The molecule has 1 saturated heterocycles. The normalized spacial score (nSPS) is 14.9. The smallest absolute Gasteiger partial charge is 0.251 e. The summed E-state index contributed by atoms with van der Waals surface area (Å²) in [6.45, 7) is 6.31. The maximum absolute atomic E-state index is 12.1. The first-order valence-electron chi connectivity index (χ1n) is 10.8. The highest BCUT2D eigenvalue weighted by atomic mass is 35.5. The van der Waals surface area contributed by atoms with E-state index in [0.29, 0.717) is 36.5 Å². The van der Waals surface area contributed by atoms with Crippen LogP contribution in [0.3, 0.4) is 0 Å². The second-order valence-electron chi connectivity index (χ2n) is 8.04. The van der Waals surface area contributed by atoms with Crippen molar-refractivity contribution in [2.45, 2.75) is 25.9 Å². The minimum Gasteiger partial charge on any atom is -0.352 e. The maximum Gasteiger partial charge on any atom is 0.251 e. The van der Waals surface area contributed by atoms with Gasteiger partial charge in [-0.15, -0.1) is 0 Å². The van der Waals surface area contributed by atoms with Crippen LogP contribution in [-0.2, 0) is 17.9 Å². The average molecular weight is 443 g/mol. The molecule has 2 N–H and O–H groups in total. The number of nitrogens with zero attached hydrogens (tertiary/aromatic N) is 2. The third-order valence-electron chi connectivity index (χ3n) is 5.46.